The number of nitrogens with one attached hydrogen (secondary N) is 1. The van der Waals surface area contributed by atoms with Crippen molar-refractivity contribution < 1.29 is 9.18 Å². The number of nitriles is 1. The topological polar surface area (TPSA) is 85.4 Å². The molecule has 2 heterocycles. The minimum Gasteiger partial charge on any atom is -0.350 e. The number of anilines is 2. The van der Waals surface area contributed by atoms with E-state index in [1.54, 1.807) is 6.07 Å². The second-order valence-electron chi connectivity index (χ2n) is 8.76. The molecule has 34 heavy (non-hydrogen) atoms. The van der Waals surface area contributed by atoms with E-state index < -0.39 is 11.8 Å². The molecule has 8 heteroatoms. The molecule has 0 aromatic heterocycles. The van der Waals surface area contributed by atoms with Crippen molar-refractivity contribution in [1.29, 1.82) is 5.26 Å². The molecular formula is C26H23ClFN5O. The van der Waals surface area contributed by atoms with E-state index in [1.165, 1.54) is 23.2 Å². The molecule has 3 aromatic carbocycles. The van der Waals surface area contributed by atoms with Crippen molar-refractivity contribution in [2.24, 2.45) is 5.73 Å². The van der Waals surface area contributed by atoms with Gasteiger partial charge in [-0.2, -0.15) is 5.26 Å². The average molecular weight is 476 g/mol. The standard InChI is InChI=1S/C26H23ClFN5O/c27-22-14-20(5-7-23(22)28)33(25(30)34)32-16-26(8-10-31-11-9-26)21-6-4-19(13-24(21)32)18-3-1-2-17(12-18)15-29/h1-7,12-14,31H,8-11,16H2,(H2,30,34). The molecule has 0 bridgehead atoms. The Morgan fingerprint density at radius 2 is 1.88 bits per heavy atom. The number of benzene rings is 3. The van der Waals surface area contributed by atoms with E-state index in [2.05, 4.69) is 23.5 Å². The molecule has 6 nitrogen and oxygen atoms in total. The first kappa shape index (κ1) is 22.2. The molecule has 3 N–H and O–H groups in total. The number of piperidine rings is 1. The zero-order valence-electron chi connectivity index (χ0n) is 18.4. The van der Waals surface area contributed by atoms with Crippen LogP contribution >= 0.6 is 11.6 Å². The number of amides is 2. The number of hydrogen-bond acceptors (Lipinski definition) is 4. The lowest BCUT2D eigenvalue weighted by atomic mass is 9.74. The molecule has 0 saturated carbocycles. The van der Waals surface area contributed by atoms with Crippen molar-refractivity contribution >= 4 is 29.0 Å². The number of carbonyl (C=O) groups excluding carboxylic acids is 1. The number of hydrogen-bond donors (Lipinski definition) is 2. The van der Waals surface area contributed by atoms with Crippen LogP contribution in [0.1, 0.15) is 24.0 Å². The van der Waals surface area contributed by atoms with E-state index in [-0.39, 0.29) is 10.4 Å². The largest absolute Gasteiger partial charge is 0.350 e. The molecule has 3 aromatic rings. The summed E-state index contributed by atoms with van der Waals surface area (Å²) in [5.41, 5.74) is 10.5. The van der Waals surface area contributed by atoms with Crippen molar-refractivity contribution in [2.75, 3.05) is 29.7 Å². The van der Waals surface area contributed by atoms with Gasteiger partial charge in [-0.1, -0.05) is 35.9 Å². The Balaban J connectivity index is 1.66. The molecule has 2 amide bonds. The summed E-state index contributed by atoms with van der Waals surface area (Å²) in [5, 5.41) is 15.9. The van der Waals surface area contributed by atoms with Gasteiger partial charge in [0, 0.05) is 5.41 Å². The predicted octanol–water partition coefficient (Wildman–Crippen LogP) is 4.96. The highest BCUT2D eigenvalue weighted by atomic mass is 35.5. The van der Waals surface area contributed by atoms with Gasteiger partial charge in [-0.15, -0.1) is 0 Å². The van der Waals surface area contributed by atoms with E-state index in [0.717, 1.165) is 48.3 Å². The van der Waals surface area contributed by atoms with Crippen molar-refractivity contribution in [1.82, 2.24) is 5.32 Å². The Kier molecular flexibility index (Phi) is 5.64. The van der Waals surface area contributed by atoms with Crippen molar-refractivity contribution in [3.8, 4) is 17.2 Å². The molecule has 1 spiro atoms. The summed E-state index contributed by atoms with van der Waals surface area (Å²) in [6, 6.07) is 19.3. The normalized spacial score (nSPS) is 16.2. The monoisotopic (exact) mass is 475 g/mol. The van der Waals surface area contributed by atoms with Gasteiger partial charge in [0.2, 0.25) is 0 Å². The number of rotatable bonds is 3. The Hall–Kier alpha value is -3.60. The van der Waals surface area contributed by atoms with Crippen LogP contribution < -0.4 is 21.1 Å². The van der Waals surface area contributed by atoms with Crippen LogP contribution in [-0.4, -0.2) is 25.7 Å². The molecular weight excluding hydrogens is 453 g/mol. The minimum absolute atomic E-state index is 0.0816. The van der Waals surface area contributed by atoms with E-state index in [9.17, 15) is 14.4 Å². The lowest BCUT2D eigenvalue weighted by molar-refractivity contribution is 0.252. The zero-order chi connectivity index (χ0) is 23.9. The number of hydrazine groups is 1. The van der Waals surface area contributed by atoms with Gasteiger partial charge in [0.1, 0.15) is 5.82 Å². The van der Waals surface area contributed by atoms with Crippen LogP contribution in [0.15, 0.2) is 60.7 Å². The van der Waals surface area contributed by atoms with Crippen LogP contribution in [0.25, 0.3) is 11.1 Å². The third-order valence-corrected chi connectivity index (χ3v) is 7.07. The molecule has 0 unspecified atom stereocenters. The lowest BCUT2D eigenvalue weighted by Gasteiger charge is -2.37. The number of carbonyl (C=O) groups is 1. The molecule has 2 aliphatic heterocycles. The van der Waals surface area contributed by atoms with Crippen molar-refractivity contribution in [3.05, 3.63) is 82.6 Å². The summed E-state index contributed by atoms with van der Waals surface area (Å²) < 4.78 is 13.9. The van der Waals surface area contributed by atoms with Crippen LogP contribution in [-0.2, 0) is 5.41 Å². The maximum atomic E-state index is 13.9. The van der Waals surface area contributed by atoms with Gasteiger partial charge in [0.25, 0.3) is 0 Å². The van der Waals surface area contributed by atoms with Crippen LogP contribution in [0.5, 0.6) is 0 Å². The SMILES string of the molecule is N#Cc1cccc(-c2ccc3c(c2)N(N(C(N)=O)c2ccc(F)c(Cl)c2)CC32CCNCC2)c1. The molecule has 2 aliphatic rings. The molecule has 5 rings (SSSR count). The second kappa shape index (κ2) is 8.64. The van der Waals surface area contributed by atoms with E-state index in [0.29, 0.717) is 17.8 Å². The van der Waals surface area contributed by atoms with Gasteiger partial charge < -0.3 is 11.1 Å². The third kappa shape index (κ3) is 3.75. The Morgan fingerprint density at radius 1 is 1.12 bits per heavy atom. The molecule has 0 radical (unpaired) electrons. The number of nitrogens with two attached hydrogens (primary N) is 1. The molecule has 1 fully saturated rings. The predicted molar refractivity (Wildman–Crippen MR) is 131 cm³/mol. The van der Waals surface area contributed by atoms with Crippen LogP contribution in [0.4, 0.5) is 20.6 Å². The van der Waals surface area contributed by atoms with Crippen LogP contribution in [0.2, 0.25) is 5.02 Å². The van der Waals surface area contributed by atoms with Crippen molar-refractivity contribution in [3.63, 3.8) is 0 Å². The summed E-state index contributed by atoms with van der Waals surface area (Å²) >= 11 is 6.04. The summed E-state index contributed by atoms with van der Waals surface area (Å²) in [4.78, 5) is 12.7. The highest BCUT2D eigenvalue weighted by molar-refractivity contribution is 6.31. The van der Waals surface area contributed by atoms with Gasteiger partial charge in [-0.25, -0.2) is 14.2 Å². The van der Waals surface area contributed by atoms with Crippen LogP contribution in [0, 0.1) is 17.1 Å². The first-order valence-electron chi connectivity index (χ1n) is 11.1. The average Bonchev–Trinajstić information content (AvgIpc) is 3.14. The molecule has 0 atom stereocenters. The number of fused-ring (bicyclic) bond motifs is 2. The summed E-state index contributed by atoms with van der Waals surface area (Å²) in [7, 11) is 0. The number of urea groups is 1. The summed E-state index contributed by atoms with van der Waals surface area (Å²) in [6.45, 7) is 2.31. The molecule has 1 saturated heterocycles. The third-order valence-electron chi connectivity index (χ3n) is 6.78. The Labute approximate surface area is 202 Å². The fraction of sp³-hybridized carbons (Fsp3) is 0.231. The van der Waals surface area contributed by atoms with E-state index in [1.807, 2.05) is 29.3 Å². The fourth-order valence-electron chi connectivity index (χ4n) is 5.11. The number of nitrogens with zero attached hydrogens (tertiary/aromatic N) is 3. The fourth-order valence-corrected chi connectivity index (χ4v) is 5.29. The van der Waals surface area contributed by atoms with Gasteiger partial charge in [0.15, 0.2) is 0 Å². The highest BCUT2D eigenvalue weighted by Gasteiger charge is 2.46. The Bertz CT molecular complexity index is 1310. The second-order valence-corrected chi connectivity index (χ2v) is 9.17. The van der Waals surface area contributed by atoms with Gasteiger partial charge in [-0.3, -0.25) is 5.01 Å². The number of primary amides is 1. The van der Waals surface area contributed by atoms with Gasteiger partial charge in [-0.05, 0) is 79.0 Å². The van der Waals surface area contributed by atoms with Crippen LogP contribution in [0.3, 0.4) is 0 Å². The lowest BCUT2D eigenvalue weighted by Crippen LogP contribution is -2.52. The highest BCUT2D eigenvalue weighted by Crippen LogP contribution is 2.48. The van der Waals surface area contributed by atoms with E-state index >= 15 is 0 Å². The first-order valence-corrected chi connectivity index (χ1v) is 11.5. The molecule has 0 aliphatic carbocycles. The number of halogens is 2. The first-order chi connectivity index (χ1) is 16.4. The smallest absolute Gasteiger partial charge is 0.338 e. The molecule has 172 valence electrons. The quantitative estimate of drug-likeness (QED) is 0.560. The van der Waals surface area contributed by atoms with Crippen molar-refractivity contribution in [2.45, 2.75) is 18.3 Å². The zero-order valence-corrected chi connectivity index (χ0v) is 19.1. The van der Waals surface area contributed by atoms with Gasteiger partial charge in [0.05, 0.1) is 34.6 Å². The minimum atomic E-state index is -0.684. The van der Waals surface area contributed by atoms with Gasteiger partial charge >= 0.3 is 6.03 Å². The summed E-state index contributed by atoms with van der Waals surface area (Å²) in [5.74, 6) is -0.564. The Morgan fingerprint density at radius 3 is 2.59 bits per heavy atom. The van der Waals surface area contributed by atoms with E-state index in [4.69, 9.17) is 17.3 Å². The maximum Gasteiger partial charge on any atom is 0.338 e. The maximum absolute atomic E-state index is 13.9. The summed E-state index contributed by atoms with van der Waals surface area (Å²) in [6.07, 6.45) is 1.83.